The van der Waals surface area contributed by atoms with E-state index < -0.39 is 16.8 Å². The average Bonchev–Trinajstić information content (AvgIpc) is 2.42. The molecule has 2 aromatic carbocycles. The maximum atomic E-state index is 13.3. The van der Waals surface area contributed by atoms with Crippen molar-refractivity contribution in [2.24, 2.45) is 5.73 Å². The highest BCUT2D eigenvalue weighted by Gasteiger charge is 2.13. The average molecular weight is 290 g/mol. The minimum absolute atomic E-state index is 0.00799. The van der Waals surface area contributed by atoms with E-state index in [-0.39, 0.29) is 5.69 Å². The number of nitrogens with zero attached hydrogens (tertiary/aromatic N) is 1. The van der Waals surface area contributed by atoms with Crippen molar-refractivity contribution in [2.75, 3.05) is 0 Å². The predicted molar refractivity (Wildman–Crippen MR) is 76.9 cm³/mol. The number of halogens is 1. The molecule has 1 atom stereocenters. The van der Waals surface area contributed by atoms with Crippen molar-refractivity contribution in [3.63, 3.8) is 0 Å². The smallest absolute Gasteiger partial charge is 0.269 e. The highest BCUT2D eigenvalue weighted by molar-refractivity contribution is 5.46. The standard InChI is InChI=1S/C15H15FN2O3/c1-9-7-12(18(19)20)4-6-14(9)21-15-5-3-11(16)8-13(15)10(2)17/h3-8,10H,17H2,1-2H3. The third-order valence-corrected chi connectivity index (χ3v) is 3.05. The van der Waals surface area contributed by atoms with Crippen LogP contribution >= 0.6 is 0 Å². The zero-order chi connectivity index (χ0) is 15.6. The van der Waals surface area contributed by atoms with Crippen LogP contribution in [0.1, 0.15) is 24.1 Å². The van der Waals surface area contributed by atoms with E-state index in [2.05, 4.69) is 0 Å². The number of rotatable bonds is 4. The fraction of sp³-hybridized carbons (Fsp3) is 0.200. The van der Waals surface area contributed by atoms with Crippen molar-refractivity contribution in [1.29, 1.82) is 0 Å². The molecule has 0 radical (unpaired) electrons. The zero-order valence-electron chi connectivity index (χ0n) is 11.7. The van der Waals surface area contributed by atoms with Crippen LogP contribution in [0.5, 0.6) is 11.5 Å². The maximum Gasteiger partial charge on any atom is 0.269 e. The number of aryl methyl sites for hydroxylation is 1. The van der Waals surface area contributed by atoms with Crippen molar-refractivity contribution in [2.45, 2.75) is 19.9 Å². The SMILES string of the molecule is Cc1cc([N+](=O)[O-])ccc1Oc1ccc(F)cc1C(C)N. The molecular formula is C15H15FN2O3. The number of hydrogen-bond donors (Lipinski definition) is 1. The molecule has 0 amide bonds. The molecule has 0 bridgehead atoms. The Morgan fingerprint density at radius 1 is 1.24 bits per heavy atom. The molecule has 0 saturated heterocycles. The number of benzene rings is 2. The summed E-state index contributed by atoms with van der Waals surface area (Å²) in [4.78, 5) is 10.2. The van der Waals surface area contributed by atoms with Gasteiger partial charge in [-0.05, 0) is 43.7 Å². The molecule has 1 unspecified atom stereocenters. The van der Waals surface area contributed by atoms with Crippen LogP contribution in [-0.2, 0) is 0 Å². The summed E-state index contributed by atoms with van der Waals surface area (Å²) in [7, 11) is 0. The van der Waals surface area contributed by atoms with Crippen LogP contribution in [0, 0.1) is 22.9 Å². The van der Waals surface area contributed by atoms with Gasteiger partial charge in [0.05, 0.1) is 4.92 Å². The first-order valence-corrected chi connectivity index (χ1v) is 6.36. The molecule has 0 aliphatic heterocycles. The van der Waals surface area contributed by atoms with Crippen molar-refractivity contribution < 1.29 is 14.1 Å². The first kappa shape index (κ1) is 14.9. The van der Waals surface area contributed by atoms with E-state index in [0.717, 1.165) is 0 Å². The normalized spacial score (nSPS) is 12.0. The fourth-order valence-corrected chi connectivity index (χ4v) is 1.95. The van der Waals surface area contributed by atoms with Gasteiger partial charge < -0.3 is 10.5 Å². The van der Waals surface area contributed by atoms with Crippen LogP contribution in [0.3, 0.4) is 0 Å². The fourth-order valence-electron chi connectivity index (χ4n) is 1.95. The highest BCUT2D eigenvalue weighted by atomic mass is 19.1. The van der Waals surface area contributed by atoms with Gasteiger partial charge in [-0.2, -0.15) is 0 Å². The summed E-state index contributed by atoms with van der Waals surface area (Å²) in [6, 6.07) is 8.00. The van der Waals surface area contributed by atoms with Gasteiger partial charge in [-0.3, -0.25) is 10.1 Å². The van der Waals surface area contributed by atoms with Crippen LogP contribution in [-0.4, -0.2) is 4.92 Å². The van der Waals surface area contributed by atoms with E-state index >= 15 is 0 Å². The summed E-state index contributed by atoms with van der Waals surface area (Å²) in [6.45, 7) is 3.43. The second-order valence-electron chi connectivity index (χ2n) is 4.78. The lowest BCUT2D eigenvalue weighted by molar-refractivity contribution is -0.384. The molecule has 0 aromatic heterocycles. The van der Waals surface area contributed by atoms with Gasteiger partial charge in [0.25, 0.3) is 5.69 Å². The zero-order valence-corrected chi connectivity index (χ0v) is 11.7. The topological polar surface area (TPSA) is 78.4 Å². The van der Waals surface area contributed by atoms with Crippen LogP contribution in [0.4, 0.5) is 10.1 Å². The Kier molecular flexibility index (Phi) is 4.18. The molecule has 6 heteroatoms. The molecular weight excluding hydrogens is 275 g/mol. The number of nitro groups is 1. The van der Waals surface area contributed by atoms with Gasteiger partial charge >= 0.3 is 0 Å². The summed E-state index contributed by atoms with van der Waals surface area (Å²) < 4.78 is 19.0. The Labute approximate surface area is 121 Å². The largest absolute Gasteiger partial charge is 0.457 e. The minimum atomic E-state index is -0.470. The lowest BCUT2D eigenvalue weighted by atomic mass is 10.1. The molecule has 0 fully saturated rings. The maximum absolute atomic E-state index is 13.3. The Morgan fingerprint density at radius 3 is 2.48 bits per heavy atom. The van der Waals surface area contributed by atoms with Gasteiger partial charge in [-0.15, -0.1) is 0 Å². The first-order chi connectivity index (χ1) is 9.88. The van der Waals surface area contributed by atoms with Gasteiger partial charge in [0.1, 0.15) is 17.3 Å². The van der Waals surface area contributed by atoms with Crippen LogP contribution in [0.2, 0.25) is 0 Å². The van der Waals surface area contributed by atoms with E-state index in [9.17, 15) is 14.5 Å². The number of hydrogen-bond acceptors (Lipinski definition) is 4. The molecule has 2 aromatic rings. The van der Waals surface area contributed by atoms with Crippen LogP contribution in [0.15, 0.2) is 36.4 Å². The molecule has 2 N–H and O–H groups in total. The second kappa shape index (κ2) is 5.88. The third-order valence-electron chi connectivity index (χ3n) is 3.05. The summed E-state index contributed by atoms with van der Waals surface area (Å²) in [5.74, 6) is 0.507. The van der Waals surface area contributed by atoms with Crippen molar-refractivity contribution in [3.05, 3.63) is 63.5 Å². The van der Waals surface area contributed by atoms with Gasteiger partial charge in [0, 0.05) is 23.7 Å². The number of nitro benzene ring substituents is 1. The molecule has 5 nitrogen and oxygen atoms in total. The molecule has 110 valence electrons. The molecule has 2 rings (SSSR count). The number of non-ortho nitro benzene ring substituents is 1. The van der Waals surface area contributed by atoms with Crippen LogP contribution < -0.4 is 10.5 Å². The second-order valence-corrected chi connectivity index (χ2v) is 4.78. The summed E-state index contributed by atoms with van der Waals surface area (Å²) in [6.07, 6.45) is 0. The van der Waals surface area contributed by atoms with E-state index in [4.69, 9.17) is 10.5 Å². The molecule has 0 aliphatic carbocycles. The van der Waals surface area contributed by atoms with Gasteiger partial charge in [0.2, 0.25) is 0 Å². The lowest BCUT2D eigenvalue weighted by Gasteiger charge is -2.15. The van der Waals surface area contributed by atoms with Crippen LogP contribution in [0.25, 0.3) is 0 Å². The van der Waals surface area contributed by atoms with Gasteiger partial charge in [0.15, 0.2) is 0 Å². The van der Waals surface area contributed by atoms with Crippen molar-refractivity contribution >= 4 is 5.69 Å². The Balaban J connectivity index is 2.36. The quantitative estimate of drug-likeness (QED) is 0.685. The summed E-state index contributed by atoms with van der Waals surface area (Å²) >= 11 is 0. The van der Waals surface area contributed by atoms with E-state index in [1.807, 2.05) is 0 Å². The lowest BCUT2D eigenvalue weighted by Crippen LogP contribution is -2.07. The van der Waals surface area contributed by atoms with Gasteiger partial charge in [-0.1, -0.05) is 0 Å². The van der Waals surface area contributed by atoms with Crippen molar-refractivity contribution in [1.82, 2.24) is 0 Å². The molecule has 0 aliphatic rings. The Hall–Kier alpha value is -2.47. The summed E-state index contributed by atoms with van der Waals surface area (Å²) in [5, 5.41) is 10.7. The Morgan fingerprint density at radius 2 is 1.90 bits per heavy atom. The number of nitrogens with two attached hydrogens (primary N) is 1. The molecule has 21 heavy (non-hydrogen) atoms. The van der Waals surface area contributed by atoms with E-state index in [1.54, 1.807) is 13.8 Å². The molecule has 0 heterocycles. The molecule has 0 spiro atoms. The number of ether oxygens (including phenoxy) is 1. The third kappa shape index (κ3) is 3.35. The summed E-state index contributed by atoms with van der Waals surface area (Å²) in [5.41, 5.74) is 6.94. The highest BCUT2D eigenvalue weighted by Crippen LogP contribution is 2.32. The molecule has 0 saturated carbocycles. The Bertz CT molecular complexity index is 687. The van der Waals surface area contributed by atoms with Crippen molar-refractivity contribution in [3.8, 4) is 11.5 Å². The minimum Gasteiger partial charge on any atom is -0.457 e. The monoisotopic (exact) mass is 290 g/mol. The van der Waals surface area contributed by atoms with E-state index in [1.165, 1.54) is 36.4 Å². The van der Waals surface area contributed by atoms with E-state index in [0.29, 0.717) is 22.6 Å². The predicted octanol–water partition coefficient (Wildman–Crippen LogP) is 3.85. The first-order valence-electron chi connectivity index (χ1n) is 6.36. The van der Waals surface area contributed by atoms with Gasteiger partial charge in [-0.25, -0.2) is 4.39 Å².